The lowest BCUT2D eigenvalue weighted by atomic mass is 10.4. The molecule has 5 nitrogen and oxygen atoms in total. The minimum atomic E-state index is -0.424. The highest BCUT2D eigenvalue weighted by atomic mass is 79.9. The van der Waals surface area contributed by atoms with Crippen LogP contribution in [0.5, 0.6) is 0 Å². The molecule has 6 heteroatoms. The normalized spacial score (nSPS) is 10.9. The standard InChI is InChI=1S/C14H12BrN3O2/c1-2-20-14(19)11-13(17-7-3-4-8-17)18-9-5-6-10(15)12(18)16-11/h3-9H,2H2,1H3. The van der Waals surface area contributed by atoms with Gasteiger partial charge in [-0.25, -0.2) is 9.78 Å². The van der Waals surface area contributed by atoms with Crippen molar-refractivity contribution in [1.29, 1.82) is 0 Å². The van der Waals surface area contributed by atoms with Crippen LogP contribution in [-0.2, 0) is 4.74 Å². The first-order chi connectivity index (χ1) is 9.72. The van der Waals surface area contributed by atoms with Gasteiger partial charge in [0, 0.05) is 18.6 Å². The second-order valence-electron chi connectivity index (χ2n) is 4.14. The summed E-state index contributed by atoms with van der Waals surface area (Å²) in [6, 6.07) is 7.57. The predicted octanol–water partition coefficient (Wildman–Crippen LogP) is 3.06. The van der Waals surface area contributed by atoms with Gasteiger partial charge >= 0.3 is 5.97 Å². The van der Waals surface area contributed by atoms with Gasteiger partial charge in [-0.3, -0.25) is 4.40 Å². The molecule has 0 aliphatic carbocycles. The zero-order valence-corrected chi connectivity index (χ0v) is 12.4. The minimum Gasteiger partial charge on any atom is -0.461 e. The molecular formula is C14H12BrN3O2. The summed E-state index contributed by atoms with van der Waals surface area (Å²) >= 11 is 3.45. The molecule has 0 amide bonds. The van der Waals surface area contributed by atoms with Gasteiger partial charge in [-0.2, -0.15) is 0 Å². The Morgan fingerprint density at radius 2 is 2.05 bits per heavy atom. The van der Waals surface area contributed by atoms with Gasteiger partial charge in [0.05, 0.1) is 11.1 Å². The smallest absolute Gasteiger partial charge is 0.360 e. The van der Waals surface area contributed by atoms with Crippen molar-refractivity contribution in [2.45, 2.75) is 6.92 Å². The third-order valence-corrected chi connectivity index (χ3v) is 3.51. The molecule has 0 bridgehead atoms. The number of ether oxygens (including phenoxy) is 1. The molecule has 0 atom stereocenters. The van der Waals surface area contributed by atoms with Gasteiger partial charge < -0.3 is 9.30 Å². The highest BCUT2D eigenvalue weighted by molar-refractivity contribution is 9.10. The highest BCUT2D eigenvalue weighted by Crippen LogP contribution is 2.24. The quantitative estimate of drug-likeness (QED) is 0.692. The Morgan fingerprint density at radius 3 is 2.75 bits per heavy atom. The Bertz CT molecular complexity index is 762. The molecule has 20 heavy (non-hydrogen) atoms. The first-order valence-electron chi connectivity index (χ1n) is 6.19. The van der Waals surface area contributed by atoms with E-state index < -0.39 is 5.97 Å². The molecule has 3 aromatic heterocycles. The first kappa shape index (κ1) is 12.9. The van der Waals surface area contributed by atoms with Gasteiger partial charge in [-0.15, -0.1) is 0 Å². The van der Waals surface area contributed by atoms with Crippen molar-refractivity contribution in [1.82, 2.24) is 14.0 Å². The van der Waals surface area contributed by atoms with Gasteiger partial charge in [0.15, 0.2) is 17.2 Å². The summed E-state index contributed by atoms with van der Waals surface area (Å²) < 4.78 is 9.62. The molecule has 0 aliphatic heterocycles. The molecule has 0 saturated heterocycles. The van der Waals surface area contributed by atoms with Crippen LogP contribution >= 0.6 is 15.9 Å². The van der Waals surface area contributed by atoms with E-state index in [9.17, 15) is 4.79 Å². The summed E-state index contributed by atoms with van der Waals surface area (Å²) in [5, 5.41) is 0. The topological polar surface area (TPSA) is 48.5 Å². The van der Waals surface area contributed by atoms with Crippen molar-refractivity contribution < 1.29 is 9.53 Å². The van der Waals surface area contributed by atoms with E-state index in [0.29, 0.717) is 23.8 Å². The van der Waals surface area contributed by atoms with E-state index in [1.807, 2.05) is 51.8 Å². The van der Waals surface area contributed by atoms with Gasteiger partial charge in [-0.1, -0.05) is 0 Å². The molecule has 0 radical (unpaired) electrons. The molecular weight excluding hydrogens is 322 g/mol. The van der Waals surface area contributed by atoms with Crippen molar-refractivity contribution in [3.8, 4) is 5.82 Å². The van der Waals surface area contributed by atoms with E-state index in [0.717, 1.165) is 4.47 Å². The molecule has 0 aromatic carbocycles. The molecule has 0 aliphatic rings. The van der Waals surface area contributed by atoms with E-state index in [4.69, 9.17) is 4.74 Å². The fraction of sp³-hybridized carbons (Fsp3) is 0.143. The van der Waals surface area contributed by atoms with Crippen molar-refractivity contribution in [2.24, 2.45) is 0 Å². The number of fused-ring (bicyclic) bond motifs is 1. The molecule has 3 heterocycles. The van der Waals surface area contributed by atoms with Crippen molar-refractivity contribution >= 4 is 27.5 Å². The number of carbonyl (C=O) groups is 1. The number of nitrogens with zero attached hydrogens (tertiary/aromatic N) is 3. The van der Waals surface area contributed by atoms with Crippen molar-refractivity contribution in [2.75, 3.05) is 6.61 Å². The number of halogens is 1. The first-order valence-corrected chi connectivity index (χ1v) is 6.98. The van der Waals surface area contributed by atoms with Crippen LogP contribution in [0, 0.1) is 0 Å². The largest absolute Gasteiger partial charge is 0.461 e. The minimum absolute atomic E-state index is 0.301. The van der Waals surface area contributed by atoms with Crippen LogP contribution in [0.1, 0.15) is 17.4 Å². The highest BCUT2D eigenvalue weighted by Gasteiger charge is 2.22. The average Bonchev–Trinajstić information content (AvgIpc) is 3.05. The van der Waals surface area contributed by atoms with Crippen LogP contribution < -0.4 is 0 Å². The Hall–Kier alpha value is -2.08. The third kappa shape index (κ3) is 2.02. The summed E-state index contributed by atoms with van der Waals surface area (Å²) in [7, 11) is 0. The number of carbonyl (C=O) groups excluding carboxylic acids is 1. The lowest BCUT2D eigenvalue weighted by molar-refractivity contribution is 0.0520. The van der Waals surface area contributed by atoms with Crippen LogP contribution in [0.15, 0.2) is 47.3 Å². The van der Waals surface area contributed by atoms with E-state index in [-0.39, 0.29) is 0 Å². The van der Waals surface area contributed by atoms with Crippen LogP contribution in [0.3, 0.4) is 0 Å². The average molecular weight is 334 g/mol. The molecule has 0 saturated carbocycles. The summed E-state index contributed by atoms with van der Waals surface area (Å²) in [5.41, 5.74) is 0.981. The van der Waals surface area contributed by atoms with Gasteiger partial charge in [0.25, 0.3) is 0 Å². The molecule has 0 unspecified atom stereocenters. The Morgan fingerprint density at radius 1 is 1.30 bits per heavy atom. The van der Waals surface area contributed by atoms with E-state index in [1.54, 1.807) is 6.92 Å². The lowest BCUT2D eigenvalue weighted by Gasteiger charge is -2.06. The summed E-state index contributed by atoms with van der Waals surface area (Å²) in [6.07, 6.45) is 5.60. The number of hydrogen-bond donors (Lipinski definition) is 0. The van der Waals surface area contributed by atoms with Crippen LogP contribution in [0.25, 0.3) is 11.5 Å². The van der Waals surface area contributed by atoms with E-state index in [1.165, 1.54) is 0 Å². The second kappa shape index (κ2) is 5.13. The molecule has 0 spiro atoms. The molecule has 3 aromatic rings. The number of aromatic nitrogens is 3. The molecule has 3 rings (SSSR count). The van der Waals surface area contributed by atoms with Crippen LogP contribution in [0.2, 0.25) is 0 Å². The summed E-state index contributed by atoms with van der Waals surface area (Å²) in [6.45, 7) is 2.10. The van der Waals surface area contributed by atoms with Gasteiger partial charge in [-0.05, 0) is 47.1 Å². The zero-order chi connectivity index (χ0) is 14.1. The van der Waals surface area contributed by atoms with Crippen LogP contribution in [-0.4, -0.2) is 26.5 Å². The number of esters is 1. The van der Waals surface area contributed by atoms with Crippen molar-refractivity contribution in [3.05, 3.63) is 53.0 Å². The van der Waals surface area contributed by atoms with Gasteiger partial charge in [0.1, 0.15) is 0 Å². The summed E-state index contributed by atoms with van der Waals surface area (Å²) in [5.74, 6) is 0.247. The maximum atomic E-state index is 12.1. The maximum Gasteiger partial charge on any atom is 0.360 e. The second-order valence-corrected chi connectivity index (χ2v) is 5.00. The fourth-order valence-electron chi connectivity index (χ4n) is 2.08. The predicted molar refractivity (Wildman–Crippen MR) is 78.2 cm³/mol. The van der Waals surface area contributed by atoms with Gasteiger partial charge in [0.2, 0.25) is 0 Å². The van der Waals surface area contributed by atoms with Crippen molar-refractivity contribution in [3.63, 3.8) is 0 Å². The van der Waals surface area contributed by atoms with Crippen LogP contribution in [0.4, 0.5) is 0 Å². The molecule has 0 fully saturated rings. The van der Waals surface area contributed by atoms with E-state index >= 15 is 0 Å². The Balaban J connectivity index is 2.30. The van der Waals surface area contributed by atoms with E-state index in [2.05, 4.69) is 20.9 Å². The molecule has 102 valence electrons. The summed E-state index contributed by atoms with van der Waals surface area (Å²) in [4.78, 5) is 16.5. The monoisotopic (exact) mass is 333 g/mol. The third-order valence-electron chi connectivity index (χ3n) is 2.89. The fourth-order valence-corrected chi connectivity index (χ4v) is 2.51. The Labute approximate surface area is 123 Å². The number of pyridine rings is 1. The number of rotatable bonds is 3. The zero-order valence-electron chi connectivity index (χ0n) is 10.8. The number of imidazole rings is 1. The number of hydrogen-bond acceptors (Lipinski definition) is 3. The molecule has 0 N–H and O–H groups in total. The maximum absolute atomic E-state index is 12.1. The lowest BCUT2D eigenvalue weighted by Crippen LogP contribution is -2.09. The SMILES string of the molecule is CCOC(=O)c1nc2c(Br)cccn2c1-n1cccc1. The Kier molecular flexibility index (Phi) is 3.31.